The molecule has 0 aliphatic carbocycles. The lowest BCUT2D eigenvalue weighted by atomic mass is 9.78. The average molecular weight is 358 g/mol. The van der Waals surface area contributed by atoms with Crippen molar-refractivity contribution in [2.24, 2.45) is 0 Å². The predicted molar refractivity (Wildman–Crippen MR) is 99.1 cm³/mol. The SMILES string of the molecule is CC(C)(c1ccc(OCC2CO2)cc1)c1ccc(OCC2CO2)cc1.O. The third-order valence-electron chi connectivity index (χ3n) is 4.83. The van der Waals surface area contributed by atoms with E-state index in [4.69, 9.17) is 18.9 Å². The topological polar surface area (TPSA) is 75.0 Å². The van der Waals surface area contributed by atoms with E-state index >= 15 is 0 Å². The number of ether oxygens (including phenoxy) is 4. The zero-order chi connectivity index (χ0) is 17.3. The van der Waals surface area contributed by atoms with Crippen molar-refractivity contribution in [2.75, 3.05) is 26.4 Å². The lowest BCUT2D eigenvalue weighted by molar-refractivity contribution is 0.263. The van der Waals surface area contributed by atoms with Crippen LogP contribution >= 0.6 is 0 Å². The van der Waals surface area contributed by atoms with Crippen LogP contribution in [-0.4, -0.2) is 44.1 Å². The van der Waals surface area contributed by atoms with Gasteiger partial charge < -0.3 is 24.4 Å². The first-order chi connectivity index (χ1) is 12.1. The average Bonchev–Trinajstić information content (AvgIpc) is 3.54. The van der Waals surface area contributed by atoms with Gasteiger partial charge in [-0.1, -0.05) is 38.1 Å². The summed E-state index contributed by atoms with van der Waals surface area (Å²) in [6.45, 7) is 7.37. The van der Waals surface area contributed by atoms with Gasteiger partial charge in [0.15, 0.2) is 0 Å². The molecule has 0 saturated carbocycles. The summed E-state index contributed by atoms with van der Waals surface area (Å²) in [5.41, 5.74) is 2.42. The molecule has 26 heavy (non-hydrogen) atoms. The molecule has 2 unspecified atom stereocenters. The maximum atomic E-state index is 5.72. The van der Waals surface area contributed by atoms with Crippen LogP contribution in [0.25, 0.3) is 0 Å². The fourth-order valence-corrected chi connectivity index (χ4v) is 2.81. The molecular formula is C21H26O5. The van der Waals surface area contributed by atoms with Crippen LogP contribution in [0, 0.1) is 0 Å². The molecule has 2 atom stereocenters. The molecule has 0 amide bonds. The van der Waals surface area contributed by atoms with Crippen molar-refractivity contribution in [2.45, 2.75) is 31.5 Å². The van der Waals surface area contributed by atoms with Crippen molar-refractivity contribution in [1.82, 2.24) is 0 Å². The van der Waals surface area contributed by atoms with E-state index in [2.05, 4.69) is 38.1 Å². The molecule has 2 N–H and O–H groups in total. The standard InChI is InChI=1S/C21H24O4.H2O/c1-21(2,15-3-7-17(8-4-15)22-11-19-13-24-19)16-5-9-18(10-6-16)23-12-20-14-25-20;/h3-10,19-20H,11-14H2,1-2H3;1H2. The van der Waals surface area contributed by atoms with Gasteiger partial charge in [-0.3, -0.25) is 0 Å². The van der Waals surface area contributed by atoms with E-state index in [9.17, 15) is 0 Å². The highest BCUT2D eigenvalue weighted by molar-refractivity contribution is 5.41. The highest BCUT2D eigenvalue weighted by atomic mass is 16.6. The Bertz CT molecular complexity index is 639. The third kappa shape index (κ3) is 4.55. The van der Waals surface area contributed by atoms with E-state index in [-0.39, 0.29) is 23.1 Å². The molecule has 2 heterocycles. The Morgan fingerprint density at radius 2 is 1.12 bits per heavy atom. The minimum absolute atomic E-state index is 0. The minimum Gasteiger partial charge on any atom is -0.491 e. The summed E-state index contributed by atoms with van der Waals surface area (Å²) < 4.78 is 21.8. The summed E-state index contributed by atoms with van der Waals surface area (Å²) in [4.78, 5) is 0. The van der Waals surface area contributed by atoms with Crippen molar-refractivity contribution >= 4 is 0 Å². The quantitative estimate of drug-likeness (QED) is 0.680. The smallest absolute Gasteiger partial charge is 0.119 e. The second-order valence-corrected chi connectivity index (χ2v) is 7.21. The molecule has 5 heteroatoms. The summed E-state index contributed by atoms with van der Waals surface area (Å²) >= 11 is 0. The van der Waals surface area contributed by atoms with Gasteiger partial charge in [0.05, 0.1) is 13.2 Å². The summed E-state index contributed by atoms with van der Waals surface area (Å²) in [5, 5.41) is 0. The van der Waals surface area contributed by atoms with E-state index < -0.39 is 0 Å². The van der Waals surface area contributed by atoms with Crippen LogP contribution in [0.2, 0.25) is 0 Å². The van der Waals surface area contributed by atoms with Gasteiger partial charge in [-0.15, -0.1) is 0 Å². The number of epoxide rings is 2. The summed E-state index contributed by atoms with van der Waals surface area (Å²) in [6.07, 6.45) is 0.562. The zero-order valence-corrected chi connectivity index (χ0v) is 15.2. The van der Waals surface area contributed by atoms with Gasteiger partial charge in [0, 0.05) is 5.41 Å². The van der Waals surface area contributed by atoms with Crippen molar-refractivity contribution in [1.29, 1.82) is 0 Å². The van der Waals surface area contributed by atoms with Gasteiger partial charge in [0.1, 0.15) is 36.9 Å². The number of rotatable bonds is 8. The van der Waals surface area contributed by atoms with E-state index in [1.165, 1.54) is 11.1 Å². The molecule has 2 aromatic carbocycles. The summed E-state index contributed by atoms with van der Waals surface area (Å²) in [6, 6.07) is 16.7. The number of benzene rings is 2. The Labute approximate surface area is 154 Å². The van der Waals surface area contributed by atoms with Crippen molar-refractivity contribution in [3.8, 4) is 11.5 Å². The Morgan fingerprint density at radius 3 is 1.42 bits per heavy atom. The van der Waals surface area contributed by atoms with E-state index in [0.29, 0.717) is 13.2 Å². The van der Waals surface area contributed by atoms with Crippen LogP contribution in [0.3, 0.4) is 0 Å². The number of hydrogen-bond acceptors (Lipinski definition) is 4. The highest BCUT2D eigenvalue weighted by Crippen LogP contribution is 2.33. The Balaban J connectivity index is 0.00000196. The highest BCUT2D eigenvalue weighted by Gasteiger charge is 2.25. The molecule has 140 valence electrons. The van der Waals surface area contributed by atoms with Gasteiger partial charge in [-0.2, -0.15) is 0 Å². The van der Waals surface area contributed by atoms with Crippen LogP contribution < -0.4 is 9.47 Å². The van der Waals surface area contributed by atoms with Crippen molar-refractivity contribution < 1.29 is 24.4 Å². The zero-order valence-electron chi connectivity index (χ0n) is 15.2. The first kappa shape index (κ1) is 18.7. The summed E-state index contributed by atoms with van der Waals surface area (Å²) in [5.74, 6) is 1.78. The molecule has 2 aliphatic heterocycles. The maximum Gasteiger partial charge on any atom is 0.119 e. The lowest BCUT2D eigenvalue weighted by Crippen LogP contribution is -2.18. The largest absolute Gasteiger partial charge is 0.491 e. The molecule has 0 spiro atoms. The lowest BCUT2D eigenvalue weighted by Gasteiger charge is -2.26. The molecule has 5 nitrogen and oxygen atoms in total. The second kappa shape index (κ2) is 7.66. The van der Waals surface area contributed by atoms with Crippen LogP contribution in [0.1, 0.15) is 25.0 Å². The van der Waals surface area contributed by atoms with Crippen LogP contribution in [0.4, 0.5) is 0 Å². The minimum atomic E-state index is -0.0870. The molecule has 0 radical (unpaired) electrons. The maximum absolute atomic E-state index is 5.72. The third-order valence-corrected chi connectivity index (χ3v) is 4.83. The van der Waals surface area contributed by atoms with Crippen LogP contribution in [0.5, 0.6) is 11.5 Å². The van der Waals surface area contributed by atoms with Gasteiger partial charge in [-0.25, -0.2) is 0 Å². The molecule has 0 aromatic heterocycles. The normalized spacial score (nSPS) is 20.8. The molecule has 2 fully saturated rings. The molecular weight excluding hydrogens is 332 g/mol. The molecule has 2 aromatic rings. The molecule has 0 bridgehead atoms. The van der Waals surface area contributed by atoms with Gasteiger partial charge in [0.25, 0.3) is 0 Å². The van der Waals surface area contributed by atoms with E-state index in [1.807, 2.05) is 24.3 Å². The predicted octanol–water partition coefficient (Wildman–Crippen LogP) is 2.74. The number of hydrogen-bond donors (Lipinski definition) is 0. The van der Waals surface area contributed by atoms with Crippen molar-refractivity contribution in [3.63, 3.8) is 0 Å². The van der Waals surface area contributed by atoms with Gasteiger partial charge in [0.2, 0.25) is 0 Å². The second-order valence-electron chi connectivity index (χ2n) is 7.21. The fourth-order valence-electron chi connectivity index (χ4n) is 2.81. The summed E-state index contributed by atoms with van der Waals surface area (Å²) in [7, 11) is 0. The van der Waals surface area contributed by atoms with Gasteiger partial charge in [-0.05, 0) is 35.4 Å². The monoisotopic (exact) mass is 358 g/mol. The first-order valence-corrected chi connectivity index (χ1v) is 8.81. The van der Waals surface area contributed by atoms with Crippen LogP contribution in [-0.2, 0) is 14.9 Å². The molecule has 4 rings (SSSR count). The van der Waals surface area contributed by atoms with E-state index in [0.717, 1.165) is 24.7 Å². The van der Waals surface area contributed by atoms with Crippen molar-refractivity contribution in [3.05, 3.63) is 59.7 Å². The van der Waals surface area contributed by atoms with Crippen LogP contribution in [0.15, 0.2) is 48.5 Å². The molecule has 2 saturated heterocycles. The fraction of sp³-hybridized carbons (Fsp3) is 0.429. The Morgan fingerprint density at radius 1 is 0.769 bits per heavy atom. The Hall–Kier alpha value is -2.08. The first-order valence-electron chi connectivity index (χ1n) is 8.81. The van der Waals surface area contributed by atoms with Gasteiger partial charge >= 0.3 is 0 Å². The Kier molecular flexibility index (Phi) is 5.51. The van der Waals surface area contributed by atoms with E-state index in [1.54, 1.807) is 0 Å². The molecule has 2 aliphatic rings.